The first-order chi connectivity index (χ1) is 15.3. The van der Waals surface area contributed by atoms with Crippen molar-refractivity contribution in [2.24, 2.45) is 5.92 Å². The summed E-state index contributed by atoms with van der Waals surface area (Å²) in [5.41, 5.74) is 6.31. The second kappa shape index (κ2) is 11.5. The normalized spacial score (nSPS) is 25.7. The molecule has 1 unspecified atom stereocenters. The van der Waals surface area contributed by atoms with E-state index >= 15 is 0 Å². The van der Waals surface area contributed by atoms with Crippen LogP contribution in [0.25, 0.3) is 0 Å². The van der Waals surface area contributed by atoms with Gasteiger partial charge in [0, 0.05) is 12.0 Å². The largest absolute Gasteiger partial charge is 0.313 e. The Morgan fingerprint density at radius 2 is 1.55 bits per heavy atom. The SMILES string of the molecule is CC/C(=C\C=C(/C)[C@H](c1ccc(C2CCCCC2)cc1)C1CCCN1)C1CCCCC1. The number of benzene rings is 1. The Morgan fingerprint density at radius 1 is 0.871 bits per heavy atom. The van der Waals surface area contributed by atoms with E-state index in [4.69, 9.17) is 0 Å². The Labute approximate surface area is 191 Å². The average molecular weight is 420 g/mol. The van der Waals surface area contributed by atoms with Crippen LogP contribution in [0.1, 0.15) is 120 Å². The highest BCUT2D eigenvalue weighted by atomic mass is 14.9. The summed E-state index contributed by atoms with van der Waals surface area (Å²) >= 11 is 0. The maximum absolute atomic E-state index is 3.82. The Kier molecular flexibility index (Phi) is 8.48. The molecule has 0 spiro atoms. The van der Waals surface area contributed by atoms with E-state index < -0.39 is 0 Å². The molecule has 31 heavy (non-hydrogen) atoms. The van der Waals surface area contributed by atoms with Gasteiger partial charge in [0.2, 0.25) is 0 Å². The zero-order chi connectivity index (χ0) is 21.5. The van der Waals surface area contributed by atoms with Gasteiger partial charge < -0.3 is 5.32 Å². The van der Waals surface area contributed by atoms with Gasteiger partial charge >= 0.3 is 0 Å². The second-order valence-electron chi connectivity index (χ2n) is 10.5. The predicted octanol–water partition coefficient (Wildman–Crippen LogP) is 8.43. The van der Waals surface area contributed by atoms with Gasteiger partial charge in [0.05, 0.1) is 0 Å². The van der Waals surface area contributed by atoms with Crippen molar-refractivity contribution in [3.05, 3.63) is 58.7 Å². The number of hydrogen-bond acceptors (Lipinski definition) is 1. The molecular weight excluding hydrogens is 374 g/mol. The molecule has 4 rings (SSSR count). The molecule has 1 N–H and O–H groups in total. The summed E-state index contributed by atoms with van der Waals surface area (Å²) in [7, 11) is 0. The summed E-state index contributed by atoms with van der Waals surface area (Å²) in [6.45, 7) is 5.90. The maximum atomic E-state index is 3.82. The van der Waals surface area contributed by atoms with Crippen molar-refractivity contribution in [2.45, 2.75) is 115 Å². The molecule has 0 radical (unpaired) electrons. The van der Waals surface area contributed by atoms with Crippen LogP contribution in [-0.2, 0) is 0 Å². The Morgan fingerprint density at radius 3 is 2.16 bits per heavy atom. The fourth-order valence-electron chi connectivity index (χ4n) is 6.58. The minimum Gasteiger partial charge on any atom is -0.313 e. The van der Waals surface area contributed by atoms with Crippen LogP contribution in [0.5, 0.6) is 0 Å². The first-order valence-corrected chi connectivity index (χ1v) is 13.5. The molecule has 1 aromatic rings. The summed E-state index contributed by atoms with van der Waals surface area (Å²) in [6, 6.07) is 10.4. The van der Waals surface area contributed by atoms with Crippen molar-refractivity contribution < 1.29 is 0 Å². The fraction of sp³-hybridized carbons (Fsp3) is 0.667. The van der Waals surface area contributed by atoms with Gasteiger partial charge in [-0.25, -0.2) is 0 Å². The molecule has 1 aliphatic heterocycles. The Bertz CT molecular complexity index is 722. The van der Waals surface area contributed by atoms with Crippen molar-refractivity contribution >= 4 is 0 Å². The van der Waals surface area contributed by atoms with E-state index in [1.807, 2.05) is 0 Å². The van der Waals surface area contributed by atoms with E-state index in [0.717, 1.165) is 11.8 Å². The van der Waals surface area contributed by atoms with E-state index in [2.05, 4.69) is 55.6 Å². The first-order valence-electron chi connectivity index (χ1n) is 13.5. The van der Waals surface area contributed by atoms with Crippen LogP contribution in [0.3, 0.4) is 0 Å². The highest BCUT2D eigenvalue weighted by Crippen LogP contribution is 2.37. The summed E-state index contributed by atoms with van der Waals surface area (Å²) in [5.74, 6) is 2.14. The molecule has 1 aromatic carbocycles. The van der Waals surface area contributed by atoms with Crippen molar-refractivity contribution in [1.82, 2.24) is 5.32 Å². The quantitative estimate of drug-likeness (QED) is 0.437. The number of rotatable bonds is 7. The van der Waals surface area contributed by atoms with Crippen LogP contribution in [0.4, 0.5) is 0 Å². The Balaban J connectivity index is 1.54. The third-order valence-electron chi connectivity index (χ3n) is 8.46. The minimum absolute atomic E-state index is 0.503. The third-order valence-corrected chi connectivity index (χ3v) is 8.46. The van der Waals surface area contributed by atoms with Crippen LogP contribution in [0.15, 0.2) is 47.6 Å². The third kappa shape index (κ3) is 5.92. The number of allylic oxidation sites excluding steroid dienone is 3. The average Bonchev–Trinajstić information content (AvgIpc) is 3.36. The van der Waals surface area contributed by atoms with Crippen LogP contribution < -0.4 is 5.32 Å². The van der Waals surface area contributed by atoms with E-state index in [1.165, 1.54) is 101 Å². The topological polar surface area (TPSA) is 12.0 Å². The van der Waals surface area contributed by atoms with Gasteiger partial charge in [-0.2, -0.15) is 0 Å². The van der Waals surface area contributed by atoms with Gasteiger partial charge in [-0.3, -0.25) is 0 Å². The smallest absolute Gasteiger partial charge is 0.0202 e. The molecule has 2 aliphatic carbocycles. The monoisotopic (exact) mass is 419 g/mol. The molecule has 3 fully saturated rings. The van der Waals surface area contributed by atoms with E-state index in [1.54, 1.807) is 11.1 Å². The molecule has 0 bridgehead atoms. The van der Waals surface area contributed by atoms with Crippen molar-refractivity contribution in [1.29, 1.82) is 0 Å². The molecule has 0 aromatic heterocycles. The van der Waals surface area contributed by atoms with E-state index in [0.29, 0.717) is 12.0 Å². The molecule has 1 heterocycles. The molecule has 3 aliphatic rings. The van der Waals surface area contributed by atoms with Gasteiger partial charge in [-0.15, -0.1) is 0 Å². The van der Waals surface area contributed by atoms with Crippen LogP contribution in [-0.4, -0.2) is 12.6 Å². The zero-order valence-corrected chi connectivity index (χ0v) is 20.2. The molecule has 1 heteroatoms. The van der Waals surface area contributed by atoms with Gasteiger partial charge in [-0.1, -0.05) is 93.0 Å². The summed E-state index contributed by atoms with van der Waals surface area (Å²) in [5, 5.41) is 3.82. The number of nitrogens with one attached hydrogen (secondary N) is 1. The van der Waals surface area contributed by atoms with E-state index in [-0.39, 0.29) is 0 Å². The van der Waals surface area contributed by atoms with Gasteiger partial charge in [0.15, 0.2) is 0 Å². The fourth-order valence-corrected chi connectivity index (χ4v) is 6.58. The molecule has 1 nitrogen and oxygen atoms in total. The molecule has 2 saturated carbocycles. The van der Waals surface area contributed by atoms with Crippen molar-refractivity contribution in [3.63, 3.8) is 0 Å². The molecule has 2 atom stereocenters. The summed E-state index contributed by atoms with van der Waals surface area (Å²) in [4.78, 5) is 0. The maximum Gasteiger partial charge on any atom is 0.0202 e. The Hall–Kier alpha value is -1.34. The molecular formula is C30H45N. The predicted molar refractivity (Wildman–Crippen MR) is 135 cm³/mol. The lowest BCUT2D eigenvalue weighted by atomic mass is 9.80. The standard InChI is InChI=1S/C30H45N/c1-3-24(25-11-6-4-7-12-25)17-16-23(2)30(29-15-10-22-31-29)28-20-18-27(19-21-28)26-13-8-5-9-14-26/h16-21,25-26,29-31H,3-15,22H2,1-2H3/b23-16+,24-17+/t29?,30-/m1/s1. The summed E-state index contributed by atoms with van der Waals surface area (Å²) in [6.07, 6.45) is 22.9. The van der Waals surface area contributed by atoms with Crippen LogP contribution in [0, 0.1) is 5.92 Å². The van der Waals surface area contributed by atoms with Crippen LogP contribution in [0.2, 0.25) is 0 Å². The van der Waals surface area contributed by atoms with Gasteiger partial charge in [-0.05, 0) is 81.4 Å². The van der Waals surface area contributed by atoms with Gasteiger partial charge in [0.1, 0.15) is 0 Å². The van der Waals surface area contributed by atoms with E-state index in [9.17, 15) is 0 Å². The second-order valence-corrected chi connectivity index (χ2v) is 10.5. The lowest BCUT2D eigenvalue weighted by Gasteiger charge is -2.27. The molecule has 1 saturated heterocycles. The highest BCUT2D eigenvalue weighted by Gasteiger charge is 2.27. The van der Waals surface area contributed by atoms with Gasteiger partial charge in [0.25, 0.3) is 0 Å². The first kappa shape index (κ1) is 22.8. The minimum atomic E-state index is 0.503. The lowest BCUT2D eigenvalue weighted by molar-refractivity contribution is 0.397. The molecule has 170 valence electrons. The highest BCUT2D eigenvalue weighted by molar-refractivity contribution is 5.36. The van der Waals surface area contributed by atoms with Crippen molar-refractivity contribution in [3.8, 4) is 0 Å². The lowest BCUT2D eigenvalue weighted by Crippen LogP contribution is -2.29. The van der Waals surface area contributed by atoms with Crippen LogP contribution >= 0.6 is 0 Å². The zero-order valence-electron chi connectivity index (χ0n) is 20.2. The molecule has 0 amide bonds. The summed E-state index contributed by atoms with van der Waals surface area (Å²) < 4.78 is 0. The number of hydrogen-bond donors (Lipinski definition) is 1. The van der Waals surface area contributed by atoms with Crippen molar-refractivity contribution in [2.75, 3.05) is 6.54 Å².